The Morgan fingerprint density at radius 2 is 1.74 bits per heavy atom. The zero-order chi connectivity index (χ0) is 17.0. The van der Waals surface area contributed by atoms with Crippen LogP contribution in [0.5, 0.6) is 0 Å². The summed E-state index contributed by atoms with van der Waals surface area (Å²) in [6, 6.07) is 0. The quantitative estimate of drug-likeness (QED) is 0.806. The third-order valence-corrected chi connectivity index (χ3v) is 4.38. The van der Waals surface area contributed by atoms with Crippen LogP contribution >= 0.6 is 0 Å². The van der Waals surface area contributed by atoms with Crippen molar-refractivity contribution in [3.8, 4) is 0 Å². The van der Waals surface area contributed by atoms with Gasteiger partial charge in [-0.1, -0.05) is 5.16 Å². The molecule has 0 saturated carbocycles. The molecule has 0 atom stereocenters. The second-order valence-corrected chi connectivity index (χ2v) is 5.83. The highest BCUT2D eigenvalue weighted by Gasteiger charge is 2.27. The fourth-order valence-corrected chi connectivity index (χ4v) is 2.92. The van der Waals surface area contributed by atoms with Crippen LogP contribution in [0.15, 0.2) is 4.52 Å². The maximum atomic E-state index is 12.6. The van der Waals surface area contributed by atoms with Gasteiger partial charge in [0, 0.05) is 39.3 Å². The van der Waals surface area contributed by atoms with Crippen LogP contribution in [0.1, 0.15) is 35.7 Å². The van der Waals surface area contributed by atoms with Crippen molar-refractivity contribution in [1.29, 1.82) is 0 Å². The van der Waals surface area contributed by atoms with Crippen molar-refractivity contribution >= 4 is 11.8 Å². The summed E-state index contributed by atoms with van der Waals surface area (Å²) in [5.41, 5.74) is 1.20. The van der Waals surface area contributed by atoms with Crippen LogP contribution in [0.3, 0.4) is 0 Å². The third-order valence-electron chi connectivity index (χ3n) is 4.38. The molecule has 2 rings (SSSR count). The van der Waals surface area contributed by atoms with E-state index in [1.165, 1.54) is 0 Å². The van der Waals surface area contributed by atoms with Crippen molar-refractivity contribution in [2.24, 2.45) is 0 Å². The summed E-state index contributed by atoms with van der Waals surface area (Å²) in [5.74, 6) is 0.683. The average molecular weight is 322 g/mol. The lowest BCUT2D eigenvalue weighted by Crippen LogP contribution is -2.51. The molecule has 1 aliphatic heterocycles. The van der Waals surface area contributed by atoms with Crippen LogP contribution in [0, 0.1) is 13.8 Å². The average Bonchev–Trinajstić information content (AvgIpc) is 2.87. The maximum absolute atomic E-state index is 12.6. The van der Waals surface area contributed by atoms with Gasteiger partial charge in [-0.05, 0) is 27.7 Å². The minimum Gasteiger partial charge on any atom is -0.361 e. The van der Waals surface area contributed by atoms with Gasteiger partial charge in [0.2, 0.25) is 5.91 Å². The lowest BCUT2D eigenvalue weighted by atomic mass is 10.1. The maximum Gasteiger partial charge on any atom is 0.259 e. The first-order valence-corrected chi connectivity index (χ1v) is 8.20. The number of nitrogens with zero attached hydrogens (tertiary/aromatic N) is 4. The molecule has 0 unspecified atom stereocenters. The Morgan fingerprint density at radius 3 is 2.22 bits per heavy atom. The summed E-state index contributed by atoms with van der Waals surface area (Å²) in [6.45, 7) is 12.1. The fourth-order valence-electron chi connectivity index (χ4n) is 2.92. The number of aryl methyl sites for hydroxylation is 2. The van der Waals surface area contributed by atoms with Crippen molar-refractivity contribution < 1.29 is 14.1 Å². The van der Waals surface area contributed by atoms with Gasteiger partial charge in [0.05, 0.1) is 12.2 Å². The molecule has 1 saturated heterocycles. The van der Waals surface area contributed by atoms with E-state index in [1.807, 2.05) is 23.6 Å². The number of hydrogen-bond donors (Lipinski definition) is 0. The number of carbonyl (C=O) groups is 2. The number of likely N-dealkylation sites (N-methyl/N-ethyl adjacent to an activating group) is 1. The number of carbonyl (C=O) groups excluding carboxylic acids is 2. The molecule has 1 fully saturated rings. The second kappa shape index (κ2) is 7.59. The van der Waals surface area contributed by atoms with E-state index in [2.05, 4.69) is 10.1 Å². The molecule has 7 nitrogen and oxygen atoms in total. The van der Waals surface area contributed by atoms with Gasteiger partial charge in [0.1, 0.15) is 11.3 Å². The first kappa shape index (κ1) is 17.5. The topological polar surface area (TPSA) is 69.9 Å². The van der Waals surface area contributed by atoms with Crippen LogP contribution in [-0.2, 0) is 4.79 Å². The Morgan fingerprint density at radius 1 is 1.13 bits per heavy atom. The molecule has 0 aromatic carbocycles. The summed E-state index contributed by atoms with van der Waals surface area (Å²) >= 11 is 0. The lowest BCUT2D eigenvalue weighted by molar-refractivity contribution is -0.132. The molecular weight excluding hydrogens is 296 g/mol. The Bertz CT molecular complexity index is 538. The molecule has 0 radical (unpaired) electrons. The van der Waals surface area contributed by atoms with Gasteiger partial charge < -0.3 is 14.3 Å². The predicted octanol–water partition coefficient (Wildman–Crippen LogP) is 0.918. The second-order valence-electron chi connectivity index (χ2n) is 5.83. The van der Waals surface area contributed by atoms with Crippen LogP contribution in [0.25, 0.3) is 0 Å². The smallest absolute Gasteiger partial charge is 0.259 e. The molecule has 1 aromatic rings. The molecule has 0 N–H and O–H groups in total. The molecule has 1 aliphatic rings. The van der Waals surface area contributed by atoms with E-state index in [0.29, 0.717) is 49.7 Å². The van der Waals surface area contributed by atoms with Gasteiger partial charge in [-0.2, -0.15) is 0 Å². The third kappa shape index (κ3) is 3.90. The van der Waals surface area contributed by atoms with E-state index in [4.69, 9.17) is 4.52 Å². The standard InChI is InChI=1S/C16H26N4O3/c1-5-19(6-2)14(21)11-18-7-9-20(10-8-18)16(22)15-12(3)17-23-13(15)4/h5-11H2,1-4H3. The largest absolute Gasteiger partial charge is 0.361 e. The fraction of sp³-hybridized carbons (Fsp3) is 0.688. The molecule has 0 spiro atoms. The van der Waals surface area contributed by atoms with Crippen LogP contribution in [-0.4, -0.2) is 77.5 Å². The van der Waals surface area contributed by atoms with Gasteiger partial charge in [-0.15, -0.1) is 0 Å². The number of piperazine rings is 1. The Kier molecular flexibility index (Phi) is 5.76. The van der Waals surface area contributed by atoms with E-state index < -0.39 is 0 Å². The summed E-state index contributed by atoms with van der Waals surface area (Å²) < 4.78 is 5.07. The van der Waals surface area contributed by atoms with Gasteiger partial charge in [-0.25, -0.2) is 0 Å². The molecule has 128 valence electrons. The molecule has 0 aliphatic carbocycles. The van der Waals surface area contributed by atoms with E-state index in [9.17, 15) is 9.59 Å². The molecule has 1 aromatic heterocycles. The predicted molar refractivity (Wildman–Crippen MR) is 86.2 cm³/mol. The SMILES string of the molecule is CCN(CC)C(=O)CN1CCN(C(=O)c2c(C)noc2C)CC1. The summed E-state index contributed by atoms with van der Waals surface area (Å²) in [6.07, 6.45) is 0. The van der Waals surface area contributed by atoms with Gasteiger partial charge >= 0.3 is 0 Å². The van der Waals surface area contributed by atoms with Crippen molar-refractivity contribution in [2.75, 3.05) is 45.8 Å². The van der Waals surface area contributed by atoms with Crippen LogP contribution in [0.4, 0.5) is 0 Å². The Balaban J connectivity index is 1.89. The zero-order valence-electron chi connectivity index (χ0n) is 14.5. The first-order chi connectivity index (χ1) is 11.0. The minimum absolute atomic E-state index is 0.0315. The number of aromatic nitrogens is 1. The van der Waals surface area contributed by atoms with Crippen LogP contribution < -0.4 is 0 Å². The first-order valence-electron chi connectivity index (χ1n) is 8.20. The number of hydrogen-bond acceptors (Lipinski definition) is 5. The van der Waals surface area contributed by atoms with Crippen LogP contribution in [0.2, 0.25) is 0 Å². The number of rotatable bonds is 5. The van der Waals surface area contributed by atoms with Crippen molar-refractivity contribution in [2.45, 2.75) is 27.7 Å². The summed E-state index contributed by atoms with van der Waals surface area (Å²) in [7, 11) is 0. The minimum atomic E-state index is -0.0315. The van der Waals surface area contributed by atoms with Gasteiger partial charge in [0.15, 0.2) is 0 Å². The Hall–Kier alpha value is -1.89. The lowest BCUT2D eigenvalue weighted by Gasteiger charge is -2.35. The van der Waals surface area contributed by atoms with Crippen molar-refractivity contribution in [1.82, 2.24) is 19.9 Å². The molecule has 0 bridgehead atoms. The van der Waals surface area contributed by atoms with E-state index in [1.54, 1.807) is 13.8 Å². The molecule has 2 heterocycles. The normalized spacial score (nSPS) is 15.7. The summed E-state index contributed by atoms with van der Waals surface area (Å²) in [4.78, 5) is 30.5. The van der Waals surface area contributed by atoms with E-state index >= 15 is 0 Å². The molecule has 2 amide bonds. The van der Waals surface area contributed by atoms with Crippen molar-refractivity contribution in [3.05, 3.63) is 17.0 Å². The van der Waals surface area contributed by atoms with Crippen molar-refractivity contribution in [3.63, 3.8) is 0 Å². The van der Waals surface area contributed by atoms with Gasteiger partial charge in [0.25, 0.3) is 5.91 Å². The Labute approximate surface area is 137 Å². The van der Waals surface area contributed by atoms with E-state index in [-0.39, 0.29) is 11.8 Å². The summed E-state index contributed by atoms with van der Waals surface area (Å²) in [5, 5.41) is 3.84. The molecular formula is C16H26N4O3. The zero-order valence-corrected chi connectivity index (χ0v) is 14.5. The monoisotopic (exact) mass is 322 g/mol. The molecule has 7 heteroatoms. The highest BCUT2D eigenvalue weighted by molar-refractivity contribution is 5.96. The highest BCUT2D eigenvalue weighted by atomic mass is 16.5. The highest BCUT2D eigenvalue weighted by Crippen LogP contribution is 2.16. The number of amides is 2. The molecule has 23 heavy (non-hydrogen) atoms. The van der Waals surface area contributed by atoms with Gasteiger partial charge in [-0.3, -0.25) is 14.5 Å². The van der Waals surface area contributed by atoms with E-state index in [0.717, 1.165) is 13.1 Å².